The molecular weight excluding hydrogens is 371 g/mol. The van der Waals surface area contributed by atoms with Gasteiger partial charge in [0.2, 0.25) is 0 Å². The molecule has 2 heterocycles. The van der Waals surface area contributed by atoms with Crippen molar-refractivity contribution in [1.29, 1.82) is 0 Å². The molecule has 1 aromatic carbocycles. The van der Waals surface area contributed by atoms with Crippen LogP contribution in [0.25, 0.3) is 11.0 Å². The van der Waals surface area contributed by atoms with Crippen molar-refractivity contribution in [3.8, 4) is 0 Å². The van der Waals surface area contributed by atoms with Gasteiger partial charge in [0.05, 0.1) is 12.1 Å². The van der Waals surface area contributed by atoms with Crippen LogP contribution in [0.5, 0.6) is 0 Å². The van der Waals surface area contributed by atoms with Crippen LogP contribution in [0.15, 0.2) is 44.5 Å². The smallest absolute Gasteiger partial charge is 0.417 e. The van der Waals surface area contributed by atoms with Crippen LogP contribution in [0.3, 0.4) is 0 Å². The zero-order valence-corrected chi connectivity index (χ0v) is 14.5. The summed E-state index contributed by atoms with van der Waals surface area (Å²) in [5.41, 5.74) is -0.0953. The molecule has 0 amide bonds. The topological polar surface area (TPSA) is 52.2 Å². The fourth-order valence-corrected chi connectivity index (χ4v) is 2.94. The molecule has 0 aliphatic heterocycles. The molecule has 0 spiro atoms. The second kappa shape index (κ2) is 6.32. The van der Waals surface area contributed by atoms with E-state index in [4.69, 9.17) is 16.0 Å². The predicted molar refractivity (Wildman–Crippen MR) is 91.8 cm³/mol. The summed E-state index contributed by atoms with van der Waals surface area (Å²) in [6, 6.07) is 5.27. The standard InChI is InChI=1S/C18H13ClF3NO3/c1-9-3-4-13-11(5-15(24)26-16(13)10(9)2)7-23-8-12(18(20,21)22)6-14(19)17(23)25/h3-6,8H,7H2,1-2H3. The number of fused-ring (bicyclic) bond motifs is 1. The highest BCUT2D eigenvalue weighted by Crippen LogP contribution is 2.30. The largest absolute Gasteiger partial charge is 0.422 e. The Balaban J connectivity index is 2.22. The van der Waals surface area contributed by atoms with E-state index in [1.807, 2.05) is 13.0 Å². The number of aromatic nitrogens is 1. The van der Waals surface area contributed by atoms with Gasteiger partial charge in [-0.3, -0.25) is 4.79 Å². The van der Waals surface area contributed by atoms with Gasteiger partial charge in [0, 0.05) is 17.6 Å². The summed E-state index contributed by atoms with van der Waals surface area (Å²) < 4.78 is 45.1. The lowest BCUT2D eigenvalue weighted by atomic mass is 10.0. The number of benzene rings is 1. The molecule has 0 radical (unpaired) electrons. The van der Waals surface area contributed by atoms with Gasteiger partial charge < -0.3 is 8.98 Å². The number of aryl methyl sites for hydroxylation is 2. The summed E-state index contributed by atoms with van der Waals surface area (Å²) in [6.45, 7) is 3.38. The molecule has 2 aromatic heterocycles. The Morgan fingerprint density at radius 3 is 2.50 bits per heavy atom. The number of rotatable bonds is 2. The van der Waals surface area contributed by atoms with E-state index in [0.29, 0.717) is 28.8 Å². The lowest BCUT2D eigenvalue weighted by molar-refractivity contribution is -0.138. The molecule has 3 aromatic rings. The number of alkyl halides is 3. The SMILES string of the molecule is Cc1ccc2c(Cn3cc(C(F)(F)F)cc(Cl)c3=O)cc(=O)oc2c1C. The predicted octanol–water partition coefficient (Wildman–Crippen LogP) is 4.29. The van der Waals surface area contributed by atoms with Crippen LogP contribution in [0.4, 0.5) is 13.2 Å². The second-order valence-corrected chi connectivity index (χ2v) is 6.39. The first kappa shape index (κ1) is 18.3. The van der Waals surface area contributed by atoms with E-state index >= 15 is 0 Å². The minimum absolute atomic E-state index is 0.243. The molecule has 0 saturated carbocycles. The van der Waals surface area contributed by atoms with Gasteiger partial charge in [-0.25, -0.2) is 4.79 Å². The third-order valence-corrected chi connectivity index (χ3v) is 4.50. The van der Waals surface area contributed by atoms with Crippen LogP contribution in [0.2, 0.25) is 5.02 Å². The molecule has 0 aliphatic carbocycles. The minimum Gasteiger partial charge on any atom is -0.422 e. The summed E-state index contributed by atoms with van der Waals surface area (Å²) in [5, 5.41) is 0.00672. The van der Waals surface area contributed by atoms with E-state index in [1.54, 1.807) is 13.0 Å². The molecule has 0 saturated heterocycles. The Morgan fingerprint density at radius 1 is 1.15 bits per heavy atom. The van der Waals surface area contributed by atoms with Crippen molar-refractivity contribution in [3.05, 3.63) is 78.5 Å². The molecule has 0 fully saturated rings. The van der Waals surface area contributed by atoms with Crippen molar-refractivity contribution in [2.45, 2.75) is 26.6 Å². The number of halogens is 4. The minimum atomic E-state index is -4.65. The average molecular weight is 384 g/mol. The van der Waals surface area contributed by atoms with Crippen molar-refractivity contribution in [2.24, 2.45) is 0 Å². The Kier molecular flexibility index (Phi) is 4.44. The van der Waals surface area contributed by atoms with Crippen LogP contribution in [0.1, 0.15) is 22.3 Å². The fraction of sp³-hybridized carbons (Fsp3) is 0.222. The molecule has 0 unspecified atom stereocenters. The fourth-order valence-electron chi connectivity index (χ4n) is 2.71. The highest BCUT2D eigenvalue weighted by Gasteiger charge is 2.32. The van der Waals surface area contributed by atoms with Crippen LogP contribution in [0, 0.1) is 13.8 Å². The normalized spacial score (nSPS) is 11.9. The number of nitrogens with zero attached hydrogens (tertiary/aromatic N) is 1. The third kappa shape index (κ3) is 3.26. The summed E-state index contributed by atoms with van der Waals surface area (Å²) in [7, 11) is 0. The van der Waals surface area contributed by atoms with Gasteiger partial charge in [-0.05, 0) is 36.6 Å². The van der Waals surface area contributed by atoms with Crippen molar-refractivity contribution in [1.82, 2.24) is 4.57 Å². The summed E-state index contributed by atoms with van der Waals surface area (Å²) >= 11 is 5.67. The highest BCUT2D eigenvalue weighted by atomic mass is 35.5. The molecule has 0 atom stereocenters. The third-order valence-electron chi connectivity index (χ3n) is 4.23. The zero-order chi connectivity index (χ0) is 19.2. The average Bonchev–Trinajstić information content (AvgIpc) is 2.54. The van der Waals surface area contributed by atoms with Crippen LogP contribution < -0.4 is 11.2 Å². The van der Waals surface area contributed by atoms with E-state index in [2.05, 4.69) is 0 Å². The Bertz CT molecular complexity index is 1130. The van der Waals surface area contributed by atoms with Crippen molar-refractivity contribution in [3.63, 3.8) is 0 Å². The number of pyridine rings is 1. The van der Waals surface area contributed by atoms with Crippen LogP contribution in [-0.2, 0) is 12.7 Å². The monoisotopic (exact) mass is 383 g/mol. The van der Waals surface area contributed by atoms with E-state index in [0.717, 1.165) is 21.8 Å². The van der Waals surface area contributed by atoms with Gasteiger partial charge in [-0.1, -0.05) is 23.7 Å². The molecule has 8 heteroatoms. The van der Waals surface area contributed by atoms with Gasteiger partial charge in [0.15, 0.2) is 0 Å². The Hall–Kier alpha value is -2.54. The molecular formula is C18H13ClF3NO3. The summed E-state index contributed by atoms with van der Waals surface area (Å²) in [5.74, 6) is 0. The lowest BCUT2D eigenvalue weighted by Crippen LogP contribution is -2.24. The molecule has 0 aliphatic rings. The van der Waals surface area contributed by atoms with Crippen LogP contribution in [-0.4, -0.2) is 4.57 Å². The van der Waals surface area contributed by atoms with Gasteiger partial charge in [0.1, 0.15) is 10.6 Å². The molecule has 0 bridgehead atoms. The van der Waals surface area contributed by atoms with Gasteiger partial charge in [-0.2, -0.15) is 13.2 Å². The molecule has 0 N–H and O–H groups in total. The van der Waals surface area contributed by atoms with Gasteiger partial charge in [0.25, 0.3) is 5.56 Å². The molecule has 136 valence electrons. The van der Waals surface area contributed by atoms with E-state index < -0.39 is 27.9 Å². The zero-order valence-electron chi connectivity index (χ0n) is 13.8. The number of hydrogen-bond acceptors (Lipinski definition) is 3. The molecule has 26 heavy (non-hydrogen) atoms. The maximum absolute atomic E-state index is 13.0. The van der Waals surface area contributed by atoms with Crippen molar-refractivity contribution in [2.75, 3.05) is 0 Å². The van der Waals surface area contributed by atoms with Crippen LogP contribution >= 0.6 is 11.6 Å². The summed E-state index contributed by atoms with van der Waals surface area (Å²) in [4.78, 5) is 24.0. The van der Waals surface area contributed by atoms with E-state index in [-0.39, 0.29) is 6.54 Å². The van der Waals surface area contributed by atoms with Gasteiger partial charge in [-0.15, -0.1) is 0 Å². The second-order valence-electron chi connectivity index (χ2n) is 5.98. The Labute approximate surface area is 150 Å². The maximum Gasteiger partial charge on any atom is 0.417 e. The maximum atomic E-state index is 13.0. The van der Waals surface area contributed by atoms with E-state index in [1.165, 1.54) is 0 Å². The first-order valence-corrected chi connectivity index (χ1v) is 7.96. The van der Waals surface area contributed by atoms with Crippen molar-refractivity contribution >= 4 is 22.6 Å². The first-order chi connectivity index (χ1) is 12.1. The first-order valence-electron chi connectivity index (χ1n) is 7.58. The molecule has 3 rings (SSSR count). The van der Waals surface area contributed by atoms with Gasteiger partial charge >= 0.3 is 11.8 Å². The molecule has 4 nitrogen and oxygen atoms in total. The van der Waals surface area contributed by atoms with E-state index in [9.17, 15) is 22.8 Å². The summed E-state index contributed by atoms with van der Waals surface area (Å²) in [6.07, 6.45) is -3.96. The quantitative estimate of drug-likeness (QED) is 0.620. The Morgan fingerprint density at radius 2 is 1.85 bits per heavy atom. The highest BCUT2D eigenvalue weighted by molar-refractivity contribution is 6.30. The lowest BCUT2D eigenvalue weighted by Gasteiger charge is -2.13. The van der Waals surface area contributed by atoms with Crippen molar-refractivity contribution < 1.29 is 17.6 Å². The number of hydrogen-bond donors (Lipinski definition) is 0.